The van der Waals surface area contributed by atoms with E-state index in [9.17, 15) is 4.79 Å². The zero-order valence-electron chi connectivity index (χ0n) is 8.84. The third-order valence-electron chi connectivity index (χ3n) is 1.75. The molecule has 0 unspecified atom stereocenters. The molecule has 0 atom stereocenters. The largest absolute Gasteiger partial charge is 0.508 e. The minimum Gasteiger partial charge on any atom is -0.508 e. The summed E-state index contributed by atoms with van der Waals surface area (Å²) in [5.41, 5.74) is 8.52. The molecule has 0 aliphatic heterocycles. The summed E-state index contributed by atoms with van der Waals surface area (Å²) in [6.45, 7) is 1.73. The number of carbonyl (C=O) groups is 1. The quantitative estimate of drug-likeness (QED) is 0.530. The maximum Gasteiger partial charge on any atom is 0.332 e. The topological polar surface area (TPSA) is 87.7 Å². The van der Waals surface area contributed by atoms with Crippen molar-refractivity contribution in [2.45, 2.75) is 6.92 Å². The van der Waals surface area contributed by atoms with Crippen molar-refractivity contribution in [2.24, 2.45) is 10.8 Å². The number of hydrogen-bond acceptors (Lipinski definition) is 3. The lowest BCUT2D eigenvalue weighted by Gasteiger charge is -1.95. The Kier molecular flexibility index (Phi) is 4.08. The lowest BCUT2D eigenvalue weighted by atomic mass is 10.2. The summed E-state index contributed by atoms with van der Waals surface area (Å²) in [5.74, 6) is 0.220. The van der Waals surface area contributed by atoms with Gasteiger partial charge in [0.2, 0.25) is 0 Å². The molecule has 0 aromatic heterocycles. The second kappa shape index (κ2) is 5.55. The molecule has 0 saturated carbocycles. The van der Waals surface area contributed by atoms with Crippen LogP contribution in [-0.4, -0.2) is 16.8 Å². The lowest BCUT2D eigenvalue weighted by Crippen LogP contribution is -2.25. The summed E-state index contributed by atoms with van der Waals surface area (Å²) in [5, 5.41) is 12.8. The van der Waals surface area contributed by atoms with Crippen LogP contribution >= 0.6 is 0 Å². The SMILES string of the molecule is CC(/C=C/c1ccc(O)cc1)=N/NC(N)=O. The van der Waals surface area contributed by atoms with Crippen molar-refractivity contribution in [1.29, 1.82) is 0 Å². The van der Waals surface area contributed by atoms with Gasteiger partial charge in [0.1, 0.15) is 5.75 Å². The third-order valence-corrected chi connectivity index (χ3v) is 1.75. The highest BCUT2D eigenvalue weighted by Gasteiger charge is 1.90. The van der Waals surface area contributed by atoms with Crippen LogP contribution in [0.25, 0.3) is 6.08 Å². The van der Waals surface area contributed by atoms with E-state index in [2.05, 4.69) is 10.5 Å². The van der Waals surface area contributed by atoms with Crippen LogP contribution in [0.2, 0.25) is 0 Å². The molecule has 0 bridgehead atoms. The molecule has 84 valence electrons. The van der Waals surface area contributed by atoms with Crippen LogP contribution in [0.4, 0.5) is 4.79 Å². The third kappa shape index (κ3) is 4.28. The fraction of sp³-hybridized carbons (Fsp3) is 0.0909. The Morgan fingerprint density at radius 3 is 2.62 bits per heavy atom. The summed E-state index contributed by atoms with van der Waals surface area (Å²) >= 11 is 0. The highest BCUT2D eigenvalue weighted by Crippen LogP contribution is 2.10. The number of rotatable bonds is 3. The number of allylic oxidation sites excluding steroid dienone is 1. The molecule has 2 amide bonds. The standard InChI is InChI=1S/C11H13N3O2/c1-8(13-14-11(12)16)2-3-9-4-6-10(15)7-5-9/h2-7,15H,1H3,(H3,12,14,16)/b3-2+,13-8-. The molecule has 0 fully saturated rings. The fourth-order valence-electron chi connectivity index (χ4n) is 0.983. The van der Waals surface area contributed by atoms with Gasteiger partial charge in [0, 0.05) is 0 Å². The van der Waals surface area contributed by atoms with E-state index in [1.54, 1.807) is 43.3 Å². The average Bonchev–Trinajstić information content (AvgIpc) is 2.25. The molecule has 0 aliphatic rings. The van der Waals surface area contributed by atoms with Gasteiger partial charge in [0.15, 0.2) is 0 Å². The first-order valence-corrected chi connectivity index (χ1v) is 4.65. The Balaban J connectivity index is 2.62. The number of amides is 2. The normalized spacial score (nSPS) is 11.7. The number of nitrogens with one attached hydrogen (secondary N) is 1. The van der Waals surface area contributed by atoms with Gasteiger partial charge in [-0.2, -0.15) is 5.10 Å². The summed E-state index contributed by atoms with van der Waals surface area (Å²) in [6, 6.07) is 6.01. The number of urea groups is 1. The molecule has 16 heavy (non-hydrogen) atoms. The highest BCUT2D eigenvalue weighted by atomic mass is 16.3. The Hall–Kier alpha value is -2.30. The zero-order chi connectivity index (χ0) is 12.0. The molecule has 0 aliphatic carbocycles. The molecule has 0 saturated heterocycles. The van der Waals surface area contributed by atoms with Crippen LogP contribution in [0.15, 0.2) is 35.4 Å². The molecular formula is C11H13N3O2. The molecule has 1 rings (SSSR count). The molecule has 0 spiro atoms. The van der Waals surface area contributed by atoms with E-state index in [0.717, 1.165) is 5.56 Å². The Labute approximate surface area is 93.3 Å². The van der Waals surface area contributed by atoms with Gasteiger partial charge in [-0.25, -0.2) is 10.2 Å². The highest BCUT2D eigenvalue weighted by molar-refractivity contribution is 5.96. The minimum absolute atomic E-state index is 0.220. The van der Waals surface area contributed by atoms with Gasteiger partial charge < -0.3 is 10.8 Å². The van der Waals surface area contributed by atoms with E-state index < -0.39 is 6.03 Å². The Bertz CT molecular complexity index is 421. The van der Waals surface area contributed by atoms with Crippen LogP contribution < -0.4 is 11.2 Å². The van der Waals surface area contributed by atoms with Gasteiger partial charge in [0.05, 0.1) is 5.71 Å². The maximum atomic E-state index is 10.4. The number of primary amides is 1. The Morgan fingerprint density at radius 1 is 1.44 bits per heavy atom. The van der Waals surface area contributed by atoms with Crippen molar-refractivity contribution < 1.29 is 9.90 Å². The van der Waals surface area contributed by atoms with Crippen molar-refractivity contribution in [3.8, 4) is 5.75 Å². The number of nitrogens with zero attached hydrogens (tertiary/aromatic N) is 1. The van der Waals surface area contributed by atoms with E-state index in [4.69, 9.17) is 10.8 Å². The van der Waals surface area contributed by atoms with Gasteiger partial charge in [-0.05, 0) is 30.7 Å². The van der Waals surface area contributed by atoms with E-state index in [1.807, 2.05) is 0 Å². The van der Waals surface area contributed by atoms with Crippen LogP contribution in [0.3, 0.4) is 0 Å². The first-order valence-electron chi connectivity index (χ1n) is 4.65. The molecule has 1 aromatic rings. The average molecular weight is 219 g/mol. The van der Waals surface area contributed by atoms with Crippen molar-refractivity contribution >= 4 is 17.8 Å². The number of aromatic hydroxyl groups is 1. The molecule has 5 heteroatoms. The summed E-state index contributed by atoms with van der Waals surface area (Å²) < 4.78 is 0. The van der Waals surface area contributed by atoms with Crippen molar-refractivity contribution in [1.82, 2.24) is 5.43 Å². The van der Waals surface area contributed by atoms with Gasteiger partial charge in [-0.3, -0.25) is 0 Å². The summed E-state index contributed by atoms with van der Waals surface area (Å²) in [6.07, 6.45) is 3.53. The van der Waals surface area contributed by atoms with Gasteiger partial charge in [0.25, 0.3) is 0 Å². The molecule has 0 radical (unpaired) electrons. The second-order valence-electron chi connectivity index (χ2n) is 3.15. The van der Waals surface area contributed by atoms with E-state index >= 15 is 0 Å². The number of benzene rings is 1. The first kappa shape index (κ1) is 11.8. The van der Waals surface area contributed by atoms with Crippen LogP contribution in [0.1, 0.15) is 12.5 Å². The number of nitrogens with two attached hydrogens (primary N) is 1. The molecule has 5 nitrogen and oxygen atoms in total. The van der Waals surface area contributed by atoms with Crippen molar-refractivity contribution in [3.05, 3.63) is 35.9 Å². The number of hydrazone groups is 1. The molecule has 1 aromatic carbocycles. The second-order valence-corrected chi connectivity index (χ2v) is 3.15. The van der Waals surface area contributed by atoms with Crippen molar-refractivity contribution in [2.75, 3.05) is 0 Å². The predicted octanol–water partition coefficient (Wildman–Crippen LogP) is 1.45. The molecular weight excluding hydrogens is 206 g/mol. The summed E-state index contributed by atoms with van der Waals surface area (Å²) in [7, 11) is 0. The van der Waals surface area contributed by atoms with E-state index in [1.165, 1.54) is 0 Å². The van der Waals surface area contributed by atoms with Crippen LogP contribution in [0.5, 0.6) is 5.75 Å². The molecule has 0 heterocycles. The van der Waals surface area contributed by atoms with E-state index in [-0.39, 0.29) is 5.75 Å². The van der Waals surface area contributed by atoms with Crippen molar-refractivity contribution in [3.63, 3.8) is 0 Å². The maximum absolute atomic E-state index is 10.4. The van der Waals surface area contributed by atoms with Gasteiger partial charge in [-0.1, -0.05) is 18.2 Å². The zero-order valence-corrected chi connectivity index (χ0v) is 8.84. The minimum atomic E-state index is -0.697. The van der Waals surface area contributed by atoms with Crippen LogP contribution in [-0.2, 0) is 0 Å². The molecule has 4 N–H and O–H groups in total. The monoisotopic (exact) mass is 219 g/mol. The number of hydrogen-bond donors (Lipinski definition) is 3. The number of phenolic OH excluding ortho intramolecular Hbond substituents is 1. The first-order chi connectivity index (χ1) is 7.58. The lowest BCUT2D eigenvalue weighted by molar-refractivity contribution is 0.249. The predicted molar refractivity (Wildman–Crippen MR) is 63.0 cm³/mol. The smallest absolute Gasteiger partial charge is 0.332 e. The number of carbonyl (C=O) groups excluding carboxylic acids is 1. The van der Waals surface area contributed by atoms with Gasteiger partial charge >= 0.3 is 6.03 Å². The van der Waals surface area contributed by atoms with E-state index in [0.29, 0.717) is 5.71 Å². The van der Waals surface area contributed by atoms with Gasteiger partial charge in [-0.15, -0.1) is 0 Å². The summed E-state index contributed by atoms with van der Waals surface area (Å²) in [4.78, 5) is 10.4. The Morgan fingerprint density at radius 2 is 2.06 bits per heavy atom. The fourth-order valence-corrected chi connectivity index (χ4v) is 0.983. The number of phenols is 1. The van der Waals surface area contributed by atoms with Crippen LogP contribution in [0, 0.1) is 0 Å².